The Balaban J connectivity index is 2.01. The highest BCUT2D eigenvalue weighted by Gasteiger charge is 2.39. The Morgan fingerprint density at radius 3 is 2.83 bits per heavy atom. The van der Waals surface area contributed by atoms with E-state index in [-0.39, 0.29) is 21.6 Å². The molecule has 1 aromatic rings. The monoisotopic (exact) mass is 353 g/mol. The first-order valence-electron chi connectivity index (χ1n) is 7.66. The Kier molecular flexibility index (Phi) is 6.41. The quantitative estimate of drug-likeness (QED) is 0.786. The number of aryl methyl sites for hydroxylation is 1. The van der Waals surface area contributed by atoms with E-state index in [0.29, 0.717) is 0 Å². The fourth-order valence-electron chi connectivity index (χ4n) is 2.78. The molecule has 0 radical (unpaired) electrons. The zero-order valence-electron chi connectivity index (χ0n) is 13.8. The first-order chi connectivity index (χ1) is 11.0. The lowest BCUT2D eigenvalue weighted by atomic mass is 10.0. The third kappa shape index (κ3) is 4.67. The van der Waals surface area contributed by atoms with Crippen molar-refractivity contribution in [3.8, 4) is 5.75 Å². The highest BCUT2D eigenvalue weighted by atomic mass is 32.2. The molecule has 0 aliphatic carbocycles. The number of nitrogens with zero attached hydrogens (tertiary/aromatic N) is 1. The van der Waals surface area contributed by atoms with Gasteiger partial charge in [-0.3, -0.25) is 9.59 Å². The predicted octanol–water partition coefficient (Wildman–Crippen LogP) is 3.20. The summed E-state index contributed by atoms with van der Waals surface area (Å²) in [4.78, 5) is 25.2. The summed E-state index contributed by atoms with van der Waals surface area (Å²) in [5, 5.41) is -0.0130. The molecule has 2 rings (SSSR count). The Morgan fingerprint density at radius 2 is 2.13 bits per heavy atom. The average Bonchev–Trinajstić information content (AvgIpc) is 2.93. The summed E-state index contributed by atoms with van der Waals surface area (Å²) in [6, 6.07) is 8.00. The van der Waals surface area contributed by atoms with Gasteiger partial charge in [-0.05, 0) is 31.4 Å². The van der Waals surface area contributed by atoms with Gasteiger partial charge in [0.2, 0.25) is 5.91 Å². The van der Waals surface area contributed by atoms with Crippen LogP contribution in [0.15, 0.2) is 24.3 Å². The predicted molar refractivity (Wildman–Crippen MR) is 97.0 cm³/mol. The second-order valence-electron chi connectivity index (χ2n) is 5.66. The standard InChI is InChI=1S/C17H23NO3S2/c1-13(19)22-12-16(20)18-10-11-23-17(18,2)9-8-14-6-4-5-7-15(14)21-3/h4-7H,8-12H2,1-3H3. The number of para-hydroxylation sites is 1. The molecule has 1 aliphatic rings. The number of benzene rings is 1. The molecule has 1 amide bonds. The lowest BCUT2D eigenvalue weighted by Crippen LogP contribution is -2.44. The number of carbonyl (C=O) groups is 2. The average molecular weight is 354 g/mol. The van der Waals surface area contributed by atoms with Crippen molar-refractivity contribution in [2.75, 3.05) is 25.2 Å². The zero-order chi connectivity index (χ0) is 16.9. The van der Waals surface area contributed by atoms with Gasteiger partial charge in [-0.25, -0.2) is 0 Å². The van der Waals surface area contributed by atoms with Crippen LogP contribution in [0.4, 0.5) is 0 Å². The van der Waals surface area contributed by atoms with Crippen LogP contribution in [0.3, 0.4) is 0 Å². The molecule has 1 unspecified atom stereocenters. The molecule has 0 aromatic heterocycles. The van der Waals surface area contributed by atoms with Crippen LogP contribution >= 0.6 is 23.5 Å². The fourth-order valence-corrected chi connectivity index (χ4v) is 4.58. The van der Waals surface area contributed by atoms with E-state index in [1.807, 2.05) is 34.9 Å². The lowest BCUT2D eigenvalue weighted by molar-refractivity contribution is -0.130. The van der Waals surface area contributed by atoms with E-state index >= 15 is 0 Å². The third-order valence-electron chi connectivity index (χ3n) is 4.05. The van der Waals surface area contributed by atoms with E-state index in [4.69, 9.17) is 4.74 Å². The van der Waals surface area contributed by atoms with Gasteiger partial charge in [-0.2, -0.15) is 0 Å². The number of thioether (sulfide) groups is 2. The minimum Gasteiger partial charge on any atom is -0.496 e. The van der Waals surface area contributed by atoms with Crippen LogP contribution in [0, 0.1) is 0 Å². The highest BCUT2D eigenvalue weighted by Crippen LogP contribution is 2.40. The highest BCUT2D eigenvalue weighted by molar-refractivity contribution is 8.14. The number of amides is 1. The smallest absolute Gasteiger partial charge is 0.234 e. The van der Waals surface area contributed by atoms with Crippen LogP contribution in [0.2, 0.25) is 0 Å². The molecule has 1 fully saturated rings. The van der Waals surface area contributed by atoms with Gasteiger partial charge >= 0.3 is 0 Å². The molecule has 1 atom stereocenters. The first kappa shape index (κ1) is 18.2. The van der Waals surface area contributed by atoms with Crippen LogP contribution in [-0.2, 0) is 16.0 Å². The summed E-state index contributed by atoms with van der Waals surface area (Å²) in [6.45, 7) is 4.37. The van der Waals surface area contributed by atoms with E-state index in [1.165, 1.54) is 6.92 Å². The largest absolute Gasteiger partial charge is 0.496 e. The molecule has 0 spiro atoms. The first-order valence-corrected chi connectivity index (χ1v) is 9.63. The van der Waals surface area contributed by atoms with Crippen molar-refractivity contribution in [3.05, 3.63) is 29.8 Å². The SMILES string of the molecule is COc1ccccc1CCC1(C)SCCN1C(=O)CSC(C)=O. The van der Waals surface area contributed by atoms with Gasteiger partial charge in [0.05, 0.1) is 17.7 Å². The van der Waals surface area contributed by atoms with Crippen molar-refractivity contribution in [2.24, 2.45) is 0 Å². The van der Waals surface area contributed by atoms with Gasteiger partial charge in [-0.15, -0.1) is 11.8 Å². The number of hydrogen-bond donors (Lipinski definition) is 0. The van der Waals surface area contributed by atoms with Crippen molar-refractivity contribution in [1.29, 1.82) is 0 Å². The maximum atomic E-state index is 12.4. The molecule has 1 saturated heterocycles. The van der Waals surface area contributed by atoms with Crippen LogP contribution in [0.5, 0.6) is 5.75 Å². The minimum atomic E-state index is -0.213. The van der Waals surface area contributed by atoms with Crippen LogP contribution in [0.25, 0.3) is 0 Å². The maximum Gasteiger partial charge on any atom is 0.234 e. The van der Waals surface area contributed by atoms with Gasteiger partial charge in [-0.1, -0.05) is 30.0 Å². The van der Waals surface area contributed by atoms with Crippen molar-refractivity contribution in [2.45, 2.75) is 31.6 Å². The second-order valence-corrected chi connectivity index (χ2v) is 8.39. The maximum absolute atomic E-state index is 12.4. The van der Waals surface area contributed by atoms with E-state index in [0.717, 1.165) is 48.2 Å². The Morgan fingerprint density at radius 1 is 1.39 bits per heavy atom. The fraction of sp³-hybridized carbons (Fsp3) is 0.529. The summed E-state index contributed by atoms with van der Waals surface area (Å²) >= 11 is 2.91. The van der Waals surface area contributed by atoms with E-state index in [2.05, 4.69) is 13.0 Å². The summed E-state index contributed by atoms with van der Waals surface area (Å²) in [5.74, 6) is 2.13. The van der Waals surface area contributed by atoms with Gasteiger partial charge in [0.1, 0.15) is 5.75 Å². The Hall–Kier alpha value is -1.14. The summed E-state index contributed by atoms with van der Waals surface area (Å²) in [7, 11) is 1.68. The molecule has 23 heavy (non-hydrogen) atoms. The van der Waals surface area contributed by atoms with E-state index < -0.39 is 0 Å². The summed E-state index contributed by atoms with van der Waals surface area (Å²) < 4.78 is 5.40. The molecule has 0 bridgehead atoms. The second kappa shape index (κ2) is 8.11. The molecule has 0 N–H and O–H groups in total. The Bertz CT molecular complexity index is 579. The number of ether oxygens (including phenoxy) is 1. The molecular weight excluding hydrogens is 330 g/mol. The van der Waals surface area contributed by atoms with E-state index in [1.54, 1.807) is 7.11 Å². The lowest BCUT2D eigenvalue weighted by Gasteiger charge is -2.34. The number of methoxy groups -OCH3 is 1. The van der Waals surface area contributed by atoms with Gasteiger partial charge < -0.3 is 9.64 Å². The Labute approximate surface area is 146 Å². The van der Waals surface area contributed by atoms with Crippen molar-refractivity contribution >= 4 is 34.5 Å². The summed E-state index contributed by atoms with van der Waals surface area (Å²) in [5.41, 5.74) is 1.16. The molecular formula is C17H23NO3S2. The van der Waals surface area contributed by atoms with Gasteiger partial charge in [0.25, 0.3) is 0 Å². The van der Waals surface area contributed by atoms with Crippen molar-refractivity contribution < 1.29 is 14.3 Å². The van der Waals surface area contributed by atoms with Crippen molar-refractivity contribution in [3.63, 3.8) is 0 Å². The third-order valence-corrected chi connectivity index (χ3v) is 6.28. The van der Waals surface area contributed by atoms with Gasteiger partial charge in [0, 0.05) is 19.2 Å². The minimum absolute atomic E-state index is 0.0130. The molecule has 6 heteroatoms. The topological polar surface area (TPSA) is 46.6 Å². The van der Waals surface area contributed by atoms with E-state index in [9.17, 15) is 9.59 Å². The number of carbonyl (C=O) groups excluding carboxylic acids is 2. The summed E-state index contributed by atoms with van der Waals surface area (Å²) in [6.07, 6.45) is 1.73. The zero-order valence-corrected chi connectivity index (χ0v) is 15.5. The number of rotatable bonds is 6. The molecule has 1 aliphatic heterocycles. The molecule has 126 valence electrons. The molecule has 0 saturated carbocycles. The molecule has 4 nitrogen and oxygen atoms in total. The van der Waals surface area contributed by atoms with Crippen LogP contribution < -0.4 is 4.74 Å². The van der Waals surface area contributed by atoms with Crippen molar-refractivity contribution in [1.82, 2.24) is 4.90 Å². The normalized spacial score (nSPS) is 20.6. The number of hydrogen-bond acceptors (Lipinski definition) is 5. The molecule has 1 aromatic carbocycles. The van der Waals surface area contributed by atoms with Crippen LogP contribution in [0.1, 0.15) is 25.8 Å². The van der Waals surface area contributed by atoms with Crippen LogP contribution in [-0.4, -0.2) is 46.0 Å². The molecule has 1 heterocycles. The van der Waals surface area contributed by atoms with Gasteiger partial charge in [0.15, 0.2) is 5.12 Å².